The van der Waals surface area contributed by atoms with Crippen LogP contribution in [0.3, 0.4) is 0 Å². The number of hydrogen-bond acceptors (Lipinski definition) is 3. The van der Waals surface area contributed by atoms with Crippen LogP contribution in [0.15, 0.2) is 206 Å². The van der Waals surface area contributed by atoms with Gasteiger partial charge in [0.05, 0.1) is 26.3 Å². The first-order valence-corrected chi connectivity index (χ1v) is 19.6. The quantitative estimate of drug-likeness (QED) is 0.158. The summed E-state index contributed by atoms with van der Waals surface area (Å²) < 4.78 is 60.8. The van der Waals surface area contributed by atoms with Crippen molar-refractivity contribution in [3.63, 3.8) is 0 Å². The second-order valence-corrected chi connectivity index (χ2v) is 14.9. The van der Waals surface area contributed by atoms with Crippen molar-refractivity contribution in [3.05, 3.63) is 206 Å². The number of rotatable bonds is 6. The van der Waals surface area contributed by atoms with Gasteiger partial charge in [-0.25, -0.2) is 4.98 Å². The molecular weight excluding hydrogens is 709 g/mol. The molecule has 0 radical (unpaired) electrons. The molecule has 2 nitrogen and oxygen atoms in total. The lowest BCUT2D eigenvalue weighted by Crippen LogP contribution is -1.92. The minimum Gasteiger partial charge on any atom is -0.254 e. The zero-order valence-electron chi connectivity index (χ0n) is 37.4. The molecule has 3 aromatic heterocycles. The fraction of sp³-hybridized carbons (Fsp3) is 0. The third-order valence-electron chi connectivity index (χ3n) is 10.7. The molecule has 0 saturated carbocycles. The van der Waals surface area contributed by atoms with Crippen molar-refractivity contribution in [2.45, 2.75) is 0 Å². The van der Waals surface area contributed by atoms with E-state index in [0.717, 1.165) is 54.9 Å². The van der Waals surface area contributed by atoms with Crippen LogP contribution in [0.25, 0.3) is 109 Å². The van der Waals surface area contributed by atoms with E-state index in [0.29, 0.717) is 5.56 Å². The molecular formula is C54H34N2S. The Bertz CT molecular complexity index is 3690. The van der Waals surface area contributed by atoms with Gasteiger partial charge in [-0.05, 0) is 61.4 Å². The zero-order chi connectivity index (χ0) is 43.8. The minimum absolute atomic E-state index is 0.00261. The number of aromatic nitrogens is 2. The molecule has 0 fully saturated rings. The molecule has 11 aromatic rings. The lowest BCUT2D eigenvalue weighted by atomic mass is 9.87. The van der Waals surface area contributed by atoms with Crippen LogP contribution >= 0.6 is 11.3 Å². The molecule has 0 aliphatic carbocycles. The van der Waals surface area contributed by atoms with E-state index >= 15 is 0 Å². The molecule has 0 spiro atoms. The molecule has 3 heteroatoms. The summed E-state index contributed by atoms with van der Waals surface area (Å²) in [6, 6.07) is 54.6. The van der Waals surface area contributed by atoms with Gasteiger partial charge < -0.3 is 0 Å². The van der Waals surface area contributed by atoms with Crippen LogP contribution in [0.2, 0.25) is 0 Å². The Morgan fingerprint density at radius 2 is 0.842 bits per heavy atom. The van der Waals surface area contributed by atoms with E-state index in [2.05, 4.69) is 132 Å². The summed E-state index contributed by atoms with van der Waals surface area (Å²) in [5.74, 6) is 0. The SMILES string of the molecule is [2H]c1nc2c(c([2H])c1[2H])c([2H])c([2H])c1c([2H])c([2H])c(-c3ccc(-c4ccc(-c5sc(-c6ccccc6)c(-c6ccccc6)c5-c5ccccc5)c5ccccc45)c4ccccc34)nc12. The van der Waals surface area contributed by atoms with Crippen molar-refractivity contribution >= 4 is 54.7 Å². The molecule has 3 heterocycles. The largest absolute Gasteiger partial charge is 0.254 e. The zero-order valence-corrected chi connectivity index (χ0v) is 31.2. The molecule has 266 valence electrons. The van der Waals surface area contributed by atoms with Gasteiger partial charge in [0.25, 0.3) is 0 Å². The predicted octanol–water partition coefficient (Wildman–Crippen LogP) is 15.2. The molecule has 0 saturated heterocycles. The van der Waals surface area contributed by atoms with Crippen molar-refractivity contribution in [2.75, 3.05) is 0 Å². The molecule has 0 aliphatic heterocycles. The smallest absolute Gasteiger partial charge is 0.0972 e. The van der Waals surface area contributed by atoms with E-state index in [1.54, 1.807) is 0 Å². The van der Waals surface area contributed by atoms with Gasteiger partial charge in [0, 0.05) is 49.0 Å². The van der Waals surface area contributed by atoms with Crippen LogP contribution in [0.5, 0.6) is 0 Å². The standard InChI is InChI=1S/C54H34N2S/c1-4-15-35(16-5-1)49-50(36-17-6-2-7-18-36)54(57-53(49)39-19-8-3-9-20-39)47-32-30-45(41-23-11-13-25-43(41)47)44-29-31-46(42-24-12-10-22-40(42)44)48-33-28-38-27-26-37-21-14-34-55-51(37)52(38)56-48/h1-34H/i14D,21D,26D,27D,28D,33D,34D. The normalized spacial score (nSPS) is 13.2. The Hall–Kier alpha value is -7.20. The molecule has 8 aromatic carbocycles. The third kappa shape index (κ3) is 5.63. The van der Waals surface area contributed by atoms with Crippen LogP contribution < -0.4 is 0 Å². The van der Waals surface area contributed by atoms with Gasteiger partial charge >= 0.3 is 0 Å². The maximum atomic E-state index is 9.20. The number of pyridine rings is 2. The Morgan fingerprint density at radius 3 is 1.46 bits per heavy atom. The maximum Gasteiger partial charge on any atom is 0.0972 e. The minimum atomic E-state index is -0.461. The highest BCUT2D eigenvalue weighted by Gasteiger charge is 2.25. The molecule has 11 rings (SSSR count). The first kappa shape index (κ1) is 26.6. The summed E-state index contributed by atoms with van der Waals surface area (Å²) in [5, 5.41) is 3.77. The van der Waals surface area contributed by atoms with E-state index in [9.17, 15) is 1.37 Å². The van der Waals surface area contributed by atoms with Crippen LogP contribution in [0.4, 0.5) is 0 Å². The van der Waals surface area contributed by atoms with Crippen molar-refractivity contribution in [1.29, 1.82) is 0 Å². The average Bonchev–Trinajstić information content (AvgIpc) is 3.74. The number of thiophene rings is 1. The highest BCUT2D eigenvalue weighted by atomic mass is 32.1. The molecule has 0 bridgehead atoms. The van der Waals surface area contributed by atoms with Gasteiger partial charge in [0.15, 0.2) is 0 Å². The summed E-state index contributed by atoms with van der Waals surface area (Å²) >= 11 is 1.81. The van der Waals surface area contributed by atoms with Gasteiger partial charge in [-0.15, -0.1) is 11.3 Å². The maximum absolute atomic E-state index is 9.20. The van der Waals surface area contributed by atoms with Crippen LogP contribution in [-0.4, -0.2) is 9.97 Å². The fourth-order valence-electron chi connectivity index (χ4n) is 8.09. The van der Waals surface area contributed by atoms with E-state index in [1.807, 2.05) is 47.7 Å². The van der Waals surface area contributed by atoms with Gasteiger partial charge in [0.1, 0.15) is 0 Å². The number of fused-ring (bicyclic) bond motifs is 5. The topological polar surface area (TPSA) is 25.8 Å². The lowest BCUT2D eigenvalue weighted by molar-refractivity contribution is 1.37. The number of benzene rings is 8. The fourth-order valence-corrected chi connectivity index (χ4v) is 9.48. The van der Waals surface area contributed by atoms with Crippen LogP contribution in [-0.2, 0) is 0 Å². The van der Waals surface area contributed by atoms with Crippen LogP contribution in [0.1, 0.15) is 9.60 Å². The Morgan fingerprint density at radius 1 is 0.386 bits per heavy atom. The average molecular weight is 750 g/mol. The van der Waals surface area contributed by atoms with Gasteiger partial charge in [-0.3, -0.25) is 4.98 Å². The number of nitrogens with zero attached hydrogens (tertiary/aromatic N) is 2. The lowest BCUT2D eigenvalue weighted by Gasteiger charge is -2.16. The van der Waals surface area contributed by atoms with Gasteiger partial charge in [-0.1, -0.05) is 188 Å². The Balaban J connectivity index is 1.14. The van der Waals surface area contributed by atoms with E-state index < -0.39 is 18.3 Å². The third-order valence-corrected chi connectivity index (χ3v) is 11.9. The first-order valence-electron chi connectivity index (χ1n) is 22.3. The molecule has 0 aliphatic rings. The van der Waals surface area contributed by atoms with Crippen molar-refractivity contribution < 1.29 is 9.60 Å². The molecule has 0 amide bonds. The Labute approximate surface area is 344 Å². The monoisotopic (exact) mass is 749 g/mol. The Kier molecular flexibility index (Phi) is 6.45. The molecule has 0 atom stereocenters. The van der Waals surface area contributed by atoms with Crippen molar-refractivity contribution in [2.24, 2.45) is 0 Å². The predicted molar refractivity (Wildman–Crippen MR) is 243 cm³/mol. The summed E-state index contributed by atoms with van der Waals surface area (Å²) in [6.45, 7) is 0. The second kappa shape index (κ2) is 13.8. The number of hydrogen-bond donors (Lipinski definition) is 0. The van der Waals surface area contributed by atoms with Gasteiger partial charge in [-0.2, -0.15) is 0 Å². The molecule has 0 unspecified atom stereocenters. The molecule has 0 N–H and O–H groups in total. The summed E-state index contributed by atoms with van der Waals surface area (Å²) in [6.07, 6.45) is -0.461. The van der Waals surface area contributed by atoms with E-state index in [-0.39, 0.29) is 51.7 Å². The molecule has 57 heavy (non-hydrogen) atoms. The summed E-state index contributed by atoms with van der Waals surface area (Å²) in [5.41, 5.74) is 9.79. The second-order valence-electron chi connectivity index (χ2n) is 13.9. The van der Waals surface area contributed by atoms with Crippen LogP contribution in [0, 0.1) is 0 Å². The highest BCUT2D eigenvalue weighted by Crippen LogP contribution is 2.53. The summed E-state index contributed by atoms with van der Waals surface area (Å²) in [4.78, 5) is 11.5. The van der Waals surface area contributed by atoms with Gasteiger partial charge in [0.2, 0.25) is 0 Å². The summed E-state index contributed by atoms with van der Waals surface area (Å²) in [7, 11) is 0. The van der Waals surface area contributed by atoms with E-state index in [1.165, 1.54) is 20.9 Å². The first-order chi connectivity index (χ1) is 31.2. The van der Waals surface area contributed by atoms with Crippen molar-refractivity contribution in [3.8, 4) is 65.5 Å². The van der Waals surface area contributed by atoms with E-state index in [4.69, 9.17) is 13.2 Å². The highest BCUT2D eigenvalue weighted by molar-refractivity contribution is 7.20. The van der Waals surface area contributed by atoms with Crippen molar-refractivity contribution in [1.82, 2.24) is 9.97 Å².